The Hall–Kier alpha value is -4.05. The second-order valence-electron chi connectivity index (χ2n) is 7.60. The summed E-state index contributed by atoms with van der Waals surface area (Å²) in [7, 11) is -2.28. The molecule has 1 amide bonds. The lowest BCUT2D eigenvalue weighted by atomic mass is 10.2. The number of hydrogen-bond donors (Lipinski definition) is 3. The Kier molecular flexibility index (Phi) is 9.13. The lowest BCUT2D eigenvalue weighted by Crippen LogP contribution is -2.26. The van der Waals surface area contributed by atoms with Crippen LogP contribution in [-0.4, -0.2) is 44.4 Å². The number of carbonyl (C=O) groups excluding carboxylic acids is 1. The van der Waals surface area contributed by atoms with Gasteiger partial charge >= 0.3 is 0 Å². The SMILES string of the molecule is C=CC(=O)N(C)c1cc(Nc2ncc(Cl)c(NCCCNS(=O)(=O)c3ccc(C#N)cc3)n2)ccc1F. The van der Waals surface area contributed by atoms with E-state index in [-0.39, 0.29) is 28.1 Å². The number of hydrogen-bond acceptors (Lipinski definition) is 8. The molecule has 0 atom stereocenters. The van der Waals surface area contributed by atoms with E-state index >= 15 is 0 Å². The highest BCUT2D eigenvalue weighted by molar-refractivity contribution is 7.89. The first-order valence-electron chi connectivity index (χ1n) is 10.9. The highest BCUT2D eigenvalue weighted by Gasteiger charge is 2.15. The molecule has 2 aromatic carbocycles. The van der Waals surface area contributed by atoms with Crippen molar-refractivity contribution in [3.63, 3.8) is 0 Å². The van der Waals surface area contributed by atoms with Gasteiger partial charge in [-0.3, -0.25) is 4.79 Å². The number of amides is 1. The minimum absolute atomic E-state index is 0.0469. The van der Waals surface area contributed by atoms with E-state index in [4.69, 9.17) is 16.9 Å². The van der Waals surface area contributed by atoms with Crippen LogP contribution >= 0.6 is 11.6 Å². The number of anilines is 4. The Morgan fingerprint density at radius 3 is 2.65 bits per heavy atom. The quantitative estimate of drug-likeness (QED) is 0.245. The Bertz CT molecular complexity index is 1440. The smallest absolute Gasteiger partial charge is 0.250 e. The van der Waals surface area contributed by atoms with Crippen LogP contribution < -0.4 is 20.3 Å². The molecule has 0 spiro atoms. The summed E-state index contributed by atoms with van der Waals surface area (Å²) in [6.45, 7) is 3.90. The molecule has 0 aliphatic rings. The zero-order valence-corrected chi connectivity index (χ0v) is 21.3. The third-order valence-electron chi connectivity index (χ3n) is 5.04. The fourth-order valence-corrected chi connectivity index (χ4v) is 4.31. The van der Waals surface area contributed by atoms with E-state index in [1.807, 2.05) is 6.07 Å². The van der Waals surface area contributed by atoms with Gasteiger partial charge in [-0.15, -0.1) is 0 Å². The first-order chi connectivity index (χ1) is 17.6. The Balaban J connectivity index is 1.58. The Morgan fingerprint density at radius 1 is 1.24 bits per heavy atom. The fraction of sp³-hybridized carbons (Fsp3) is 0.167. The van der Waals surface area contributed by atoms with Crippen LogP contribution in [0.1, 0.15) is 12.0 Å². The predicted molar refractivity (Wildman–Crippen MR) is 140 cm³/mol. The predicted octanol–water partition coefficient (Wildman–Crippen LogP) is 3.81. The van der Waals surface area contributed by atoms with Crippen molar-refractivity contribution in [2.45, 2.75) is 11.3 Å². The number of benzene rings is 2. The molecular formula is C24H23ClFN7O3S. The van der Waals surface area contributed by atoms with Gasteiger partial charge < -0.3 is 15.5 Å². The Morgan fingerprint density at radius 2 is 1.97 bits per heavy atom. The lowest BCUT2D eigenvalue weighted by Gasteiger charge is -2.17. The number of nitriles is 1. The number of sulfonamides is 1. The first kappa shape index (κ1) is 27.5. The molecule has 0 saturated carbocycles. The fourth-order valence-electron chi connectivity index (χ4n) is 3.08. The van der Waals surface area contributed by atoms with Crippen molar-refractivity contribution in [1.82, 2.24) is 14.7 Å². The van der Waals surface area contributed by atoms with Crippen LogP contribution in [0.4, 0.5) is 27.5 Å². The van der Waals surface area contributed by atoms with E-state index in [1.54, 1.807) is 0 Å². The molecule has 3 rings (SSSR count). The molecule has 0 fully saturated rings. The second kappa shape index (κ2) is 12.3. The average Bonchev–Trinajstić information content (AvgIpc) is 2.90. The van der Waals surface area contributed by atoms with E-state index in [1.165, 1.54) is 55.7 Å². The van der Waals surface area contributed by atoms with Crippen molar-refractivity contribution < 1.29 is 17.6 Å². The van der Waals surface area contributed by atoms with E-state index < -0.39 is 21.7 Å². The number of halogens is 2. The summed E-state index contributed by atoms with van der Waals surface area (Å²) in [5.41, 5.74) is 0.852. The van der Waals surface area contributed by atoms with Gasteiger partial charge in [-0.25, -0.2) is 22.5 Å². The van der Waals surface area contributed by atoms with Crippen LogP contribution in [0.2, 0.25) is 5.02 Å². The minimum Gasteiger partial charge on any atom is -0.369 e. The third kappa shape index (κ3) is 7.23. The van der Waals surface area contributed by atoms with Crippen LogP contribution in [0.15, 0.2) is 66.2 Å². The third-order valence-corrected chi connectivity index (χ3v) is 6.80. The molecule has 1 aromatic heterocycles. The molecule has 1 heterocycles. The van der Waals surface area contributed by atoms with E-state index in [9.17, 15) is 17.6 Å². The van der Waals surface area contributed by atoms with Crippen molar-refractivity contribution in [3.05, 3.63) is 77.7 Å². The summed E-state index contributed by atoms with van der Waals surface area (Å²) in [5.74, 6) is -0.569. The van der Waals surface area contributed by atoms with Gasteiger partial charge in [0.05, 0.1) is 28.4 Å². The molecule has 0 bridgehead atoms. The van der Waals surface area contributed by atoms with Crippen LogP contribution in [0.5, 0.6) is 0 Å². The van der Waals surface area contributed by atoms with Crippen molar-refractivity contribution in [2.24, 2.45) is 0 Å². The maximum atomic E-state index is 14.2. The van der Waals surface area contributed by atoms with Gasteiger partial charge in [-0.2, -0.15) is 10.2 Å². The van der Waals surface area contributed by atoms with E-state index in [2.05, 4.69) is 31.9 Å². The number of nitrogens with zero attached hydrogens (tertiary/aromatic N) is 4. The zero-order valence-electron chi connectivity index (χ0n) is 19.7. The number of likely N-dealkylation sites (N-methyl/N-ethyl adjacent to an activating group) is 1. The molecular weight excluding hydrogens is 521 g/mol. The van der Waals surface area contributed by atoms with Gasteiger partial charge in [0, 0.05) is 25.8 Å². The summed E-state index contributed by atoms with van der Waals surface area (Å²) >= 11 is 6.17. The second-order valence-corrected chi connectivity index (χ2v) is 9.77. The van der Waals surface area contributed by atoms with Gasteiger partial charge in [-0.1, -0.05) is 18.2 Å². The molecule has 0 unspecified atom stereocenters. The van der Waals surface area contributed by atoms with Crippen LogP contribution in [0.25, 0.3) is 0 Å². The monoisotopic (exact) mass is 543 g/mol. The van der Waals surface area contributed by atoms with Crippen molar-refractivity contribution >= 4 is 50.7 Å². The molecule has 0 aliphatic heterocycles. The summed E-state index contributed by atoms with van der Waals surface area (Å²) in [6, 6.07) is 11.7. The molecule has 3 N–H and O–H groups in total. The van der Waals surface area contributed by atoms with Gasteiger partial charge in [0.1, 0.15) is 16.7 Å². The molecule has 0 saturated heterocycles. The summed E-state index contributed by atoms with van der Waals surface area (Å²) < 4.78 is 41.4. The lowest BCUT2D eigenvalue weighted by molar-refractivity contribution is -0.113. The standard InChI is InChI=1S/C24H23ClFN7O3S/c1-3-22(34)33(2)21-13-17(7-10-20(21)26)31-24-29-15-19(25)23(32-24)28-11-4-12-30-37(35,36)18-8-5-16(14-27)6-9-18/h3,5-10,13,15,30H,1,4,11-12H2,2H3,(H2,28,29,31,32). The molecule has 10 nitrogen and oxygen atoms in total. The average molecular weight is 544 g/mol. The number of rotatable bonds is 11. The van der Waals surface area contributed by atoms with Gasteiger partial charge in [-0.05, 0) is 55.0 Å². The normalized spacial score (nSPS) is 10.9. The summed E-state index contributed by atoms with van der Waals surface area (Å²) in [4.78, 5) is 21.4. The molecule has 3 aromatic rings. The minimum atomic E-state index is -3.71. The highest BCUT2D eigenvalue weighted by atomic mass is 35.5. The van der Waals surface area contributed by atoms with Crippen LogP contribution in [-0.2, 0) is 14.8 Å². The van der Waals surface area contributed by atoms with Crippen molar-refractivity contribution in [2.75, 3.05) is 35.7 Å². The van der Waals surface area contributed by atoms with Crippen molar-refractivity contribution in [1.29, 1.82) is 5.26 Å². The van der Waals surface area contributed by atoms with Gasteiger partial charge in [0.15, 0.2) is 0 Å². The van der Waals surface area contributed by atoms with E-state index in [0.717, 1.165) is 11.0 Å². The Labute approximate surface area is 218 Å². The molecule has 37 heavy (non-hydrogen) atoms. The maximum absolute atomic E-state index is 14.2. The molecule has 192 valence electrons. The number of carbonyl (C=O) groups is 1. The van der Waals surface area contributed by atoms with Gasteiger partial charge in [0.2, 0.25) is 21.9 Å². The highest BCUT2D eigenvalue weighted by Crippen LogP contribution is 2.26. The van der Waals surface area contributed by atoms with Crippen LogP contribution in [0.3, 0.4) is 0 Å². The topological polar surface area (TPSA) is 140 Å². The molecule has 0 radical (unpaired) electrons. The summed E-state index contributed by atoms with van der Waals surface area (Å²) in [6.07, 6.45) is 2.88. The summed E-state index contributed by atoms with van der Waals surface area (Å²) in [5, 5.41) is 15.0. The van der Waals surface area contributed by atoms with Crippen molar-refractivity contribution in [3.8, 4) is 6.07 Å². The van der Waals surface area contributed by atoms with E-state index in [0.29, 0.717) is 30.0 Å². The number of aromatic nitrogens is 2. The number of nitrogens with one attached hydrogen (secondary N) is 3. The maximum Gasteiger partial charge on any atom is 0.250 e. The van der Waals surface area contributed by atoms with Crippen LogP contribution in [0, 0.1) is 17.1 Å². The largest absolute Gasteiger partial charge is 0.369 e. The molecule has 0 aliphatic carbocycles. The zero-order chi connectivity index (χ0) is 27.0. The molecule has 13 heteroatoms. The first-order valence-corrected chi connectivity index (χ1v) is 12.7. The van der Waals surface area contributed by atoms with Gasteiger partial charge in [0.25, 0.3) is 0 Å².